The summed E-state index contributed by atoms with van der Waals surface area (Å²) in [6.07, 6.45) is -4.41. The number of nitrogens with one attached hydrogen (secondary N) is 1. The van der Waals surface area contributed by atoms with E-state index in [4.69, 9.17) is 5.73 Å². The Labute approximate surface area is 62.9 Å². The van der Waals surface area contributed by atoms with Gasteiger partial charge in [0.25, 0.3) is 0 Å². The van der Waals surface area contributed by atoms with Crippen molar-refractivity contribution in [1.82, 2.24) is 5.32 Å². The Bertz CT molecular complexity index is 134. The monoisotopic (exact) mass is 168 g/mol. The fourth-order valence-electron chi connectivity index (χ4n) is 1.25. The molecule has 2 atom stereocenters. The third kappa shape index (κ3) is 2.34. The van der Waals surface area contributed by atoms with Crippen LogP contribution in [0.5, 0.6) is 0 Å². The van der Waals surface area contributed by atoms with Crippen LogP contribution in [0, 0.1) is 5.92 Å². The Hall–Kier alpha value is -0.290. The van der Waals surface area contributed by atoms with E-state index in [0.29, 0.717) is 6.54 Å². The van der Waals surface area contributed by atoms with Gasteiger partial charge in [0.15, 0.2) is 0 Å². The van der Waals surface area contributed by atoms with E-state index in [1.54, 1.807) is 0 Å². The molecule has 0 aromatic carbocycles. The van der Waals surface area contributed by atoms with Crippen LogP contribution in [-0.2, 0) is 0 Å². The van der Waals surface area contributed by atoms with Gasteiger partial charge in [-0.2, -0.15) is 13.2 Å². The molecule has 1 rings (SSSR count). The number of halogens is 3. The molecule has 1 heterocycles. The Morgan fingerprint density at radius 3 is 2.36 bits per heavy atom. The summed E-state index contributed by atoms with van der Waals surface area (Å²) >= 11 is 0. The van der Waals surface area contributed by atoms with Gasteiger partial charge < -0.3 is 11.1 Å². The van der Waals surface area contributed by atoms with Crippen molar-refractivity contribution in [1.29, 1.82) is 0 Å². The zero-order chi connectivity index (χ0) is 8.48. The topological polar surface area (TPSA) is 38.0 Å². The van der Waals surface area contributed by atoms with Gasteiger partial charge in [0.2, 0.25) is 0 Å². The van der Waals surface area contributed by atoms with Crippen molar-refractivity contribution in [3.05, 3.63) is 0 Å². The third-order valence-corrected chi connectivity index (χ3v) is 1.90. The summed E-state index contributed by atoms with van der Waals surface area (Å²) in [6.45, 7) is 0.366. The SMILES string of the molecule is NC1CC(C(F)(F)F)CCN1. The predicted octanol–water partition coefficient (Wildman–Crippen LogP) is 0.833. The average molecular weight is 168 g/mol. The molecule has 0 aromatic rings. The largest absolute Gasteiger partial charge is 0.391 e. The van der Waals surface area contributed by atoms with Gasteiger partial charge in [-0.15, -0.1) is 0 Å². The van der Waals surface area contributed by atoms with Crippen LogP contribution in [0.3, 0.4) is 0 Å². The molecule has 0 amide bonds. The third-order valence-electron chi connectivity index (χ3n) is 1.90. The Morgan fingerprint density at radius 1 is 1.36 bits per heavy atom. The molecule has 0 spiro atoms. The maximum atomic E-state index is 12.0. The molecular formula is C6H11F3N2. The summed E-state index contributed by atoms with van der Waals surface area (Å²) in [5, 5.41) is 2.76. The van der Waals surface area contributed by atoms with Crippen LogP contribution in [-0.4, -0.2) is 18.9 Å². The maximum absolute atomic E-state index is 12.0. The average Bonchev–Trinajstić information content (AvgIpc) is 1.86. The molecule has 11 heavy (non-hydrogen) atoms. The fourth-order valence-corrected chi connectivity index (χ4v) is 1.25. The normalized spacial score (nSPS) is 33.8. The summed E-state index contributed by atoms with van der Waals surface area (Å²) < 4.78 is 36.1. The van der Waals surface area contributed by atoms with Gasteiger partial charge in [-0.3, -0.25) is 0 Å². The zero-order valence-corrected chi connectivity index (χ0v) is 5.99. The molecule has 1 fully saturated rings. The molecule has 0 bridgehead atoms. The summed E-state index contributed by atoms with van der Waals surface area (Å²) in [6, 6.07) is 0. The van der Waals surface area contributed by atoms with E-state index in [1.165, 1.54) is 0 Å². The predicted molar refractivity (Wildman–Crippen MR) is 34.8 cm³/mol. The first-order valence-electron chi connectivity index (χ1n) is 3.56. The van der Waals surface area contributed by atoms with Crippen LogP contribution in [0.2, 0.25) is 0 Å². The van der Waals surface area contributed by atoms with Gasteiger partial charge in [0.05, 0.1) is 12.1 Å². The van der Waals surface area contributed by atoms with E-state index < -0.39 is 18.3 Å². The maximum Gasteiger partial charge on any atom is 0.391 e. The van der Waals surface area contributed by atoms with Crippen LogP contribution in [0.1, 0.15) is 12.8 Å². The summed E-state index contributed by atoms with van der Waals surface area (Å²) in [4.78, 5) is 0. The standard InChI is InChI=1S/C6H11F3N2/c7-6(8,9)4-1-2-11-5(10)3-4/h4-5,11H,1-3,10H2. The molecule has 66 valence electrons. The number of rotatable bonds is 0. The highest BCUT2D eigenvalue weighted by molar-refractivity contribution is 4.78. The van der Waals surface area contributed by atoms with Crippen molar-refractivity contribution in [3.8, 4) is 0 Å². The molecule has 0 saturated carbocycles. The molecule has 1 aliphatic heterocycles. The van der Waals surface area contributed by atoms with E-state index in [2.05, 4.69) is 5.32 Å². The van der Waals surface area contributed by atoms with E-state index >= 15 is 0 Å². The van der Waals surface area contributed by atoms with Gasteiger partial charge in [-0.25, -0.2) is 0 Å². The van der Waals surface area contributed by atoms with Crippen LogP contribution < -0.4 is 11.1 Å². The quantitative estimate of drug-likeness (QED) is 0.562. The molecular weight excluding hydrogens is 157 g/mol. The summed E-state index contributed by atoms with van der Waals surface area (Å²) in [5.74, 6) is -1.21. The van der Waals surface area contributed by atoms with Gasteiger partial charge in [0.1, 0.15) is 0 Å². The lowest BCUT2D eigenvalue weighted by Gasteiger charge is -2.29. The molecule has 3 N–H and O–H groups in total. The first kappa shape index (κ1) is 8.80. The Kier molecular flexibility index (Phi) is 2.39. The van der Waals surface area contributed by atoms with Crippen LogP contribution in [0.15, 0.2) is 0 Å². The summed E-state index contributed by atoms with van der Waals surface area (Å²) in [5.41, 5.74) is 5.31. The highest BCUT2D eigenvalue weighted by atomic mass is 19.4. The lowest BCUT2D eigenvalue weighted by atomic mass is 9.96. The molecule has 0 aliphatic carbocycles. The minimum absolute atomic E-state index is 0.00347. The van der Waals surface area contributed by atoms with Crippen molar-refractivity contribution in [2.45, 2.75) is 25.2 Å². The molecule has 2 nitrogen and oxygen atoms in total. The molecule has 1 aliphatic rings. The lowest BCUT2D eigenvalue weighted by Crippen LogP contribution is -2.47. The molecule has 1 saturated heterocycles. The van der Waals surface area contributed by atoms with Crippen LogP contribution in [0.25, 0.3) is 0 Å². The van der Waals surface area contributed by atoms with Crippen LogP contribution in [0.4, 0.5) is 13.2 Å². The smallest absolute Gasteiger partial charge is 0.316 e. The van der Waals surface area contributed by atoms with Crippen molar-refractivity contribution >= 4 is 0 Å². The number of piperidine rings is 1. The number of nitrogens with two attached hydrogens (primary N) is 1. The first-order chi connectivity index (χ1) is 5.00. The van der Waals surface area contributed by atoms with Gasteiger partial charge >= 0.3 is 6.18 Å². The van der Waals surface area contributed by atoms with Crippen molar-refractivity contribution < 1.29 is 13.2 Å². The molecule has 2 unspecified atom stereocenters. The van der Waals surface area contributed by atoms with Gasteiger partial charge in [0, 0.05) is 0 Å². The number of alkyl halides is 3. The number of hydrogen-bond donors (Lipinski definition) is 2. The second-order valence-corrected chi connectivity index (χ2v) is 2.82. The van der Waals surface area contributed by atoms with E-state index in [-0.39, 0.29) is 12.8 Å². The second kappa shape index (κ2) is 2.98. The molecule has 5 heteroatoms. The highest BCUT2D eigenvalue weighted by Crippen LogP contribution is 2.32. The van der Waals surface area contributed by atoms with E-state index in [0.717, 1.165) is 0 Å². The highest BCUT2D eigenvalue weighted by Gasteiger charge is 2.41. The lowest BCUT2D eigenvalue weighted by molar-refractivity contribution is -0.182. The van der Waals surface area contributed by atoms with E-state index in [1.807, 2.05) is 0 Å². The van der Waals surface area contributed by atoms with E-state index in [9.17, 15) is 13.2 Å². The van der Waals surface area contributed by atoms with Crippen LogP contribution >= 0.6 is 0 Å². The molecule has 0 radical (unpaired) electrons. The molecule has 0 aromatic heterocycles. The minimum atomic E-state index is -4.07. The summed E-state index contributed by atoms with van der Waals surface area (Å²) in [7, 11) is 0. The second-order valence-electron chi connectivity index (χ2n) is 2.82. The zero-order valence-electron chi connectivity index (χ0n) is 5.99. The van der Waals surface area contributed by atoms with Crippen molar-refractivity contribution in [2.75, 3.05) is 6.54 Å². The Balaban J connectivity index is 2.46. The first-order valence-corrected chi connectivity index (χ1v) is 3.56. The number of hydrogen-bond acceptors (Lipinski definition) is 2. The van der Waals surface area contributed by atoms with Crippen molar-refractivity contribution in [2.24, 2.45) is 11.7 Å². The van der Waals surface area contributed by atoms with Crippen molar-refractivity contribution in [3.63, 3.8) is 0 Å². The minimum Gasteiger partial charge on any atom is -0.316 e. The van der Waals surface area contributed by atoms with Gasteiger partial charge in [-0.05, 0) is 19.4 Å². The van der Waals surface area contributed by atoms with Gasteiger partial charge in [-0.1, -0.05) is 0 Å². The fraction of sp³-hybridized carbons (Fsp3) is 1.00. The Morgan fingerprint density at radius 2 is 2.00 bits per heavy atom.